The van der Waals surface area contributed by atoms with Gasteiger partial charge in [0.25, 0.3) is 0 Å². The van der Waals surface area contributed by atoms with Crippen LogP contribution in [0.3, 0.4) is 0 Å². The number of hydrogen-bond donors (Lipinski definition) is 0. The van der Waals surface area contributed by atoms with E-state index < -0.39 is 0 Å². The van der Waals surface area contributed by atoms with Crippen LogP contribution in [-0.4, -0.2) is 56.7 Å². The molecule has 4 aliphatic carbocycles. The fourth-order valence-corrected chi connectivity index (χ4v) is 9.82. The van der Waals surface area contributed by atoms with Gasteiger partial charge in [-0.15, -0.1) is 0 Å². The van der Waals surface area contributed by atoms with Crippen molar-refractivity contribution >= 4 is 0 Å². The average molecular weight is 446 g/mol. The van der Waals surface area contributed by atoms with E-state index >= 15 is 0 Å². The Bertz CT molecular complexity index is 659. The van der Waals surface area contributed by atoms with Crippen LogP contribution in [0, 0.1) is 40.4 Å². The third-order valence-electron chi connectivity index (χ3n) is 11.6. The van der Waals surface area contributed by atoms with Gasteiger partial charge < -0.3 is 19.1 Å². The van der Waals surface area contributed by atoms with Gasteiger partial charge in [-0.05, 0) is 118 Å². The molecule has 2 heterocycles. The van der Waals surface area contributed by atoms with E-state index in [1.165, 1.54) is 83.7 Å². The number of rotatable bonds is 5. The maximum atomic E-state index is 6.46. The van der Waals surface area contributed by atoms with Gasteiger partial charge in [-0.25, -0.2) is 0 Å². The molecule has 2 aliphatic heterocycles. The lowest BCUT2D eigenvalue weighted by atomic mass is 9.44. The summed E-state index contributed by atoms with van der Waals surface area (Å²) in [5, 5.41) is 0. The molecule has 0 aromatic rings. The molecule has 0 N–H and O–H groups in total. The van der Waals surface area contributed by atoms with Crippen LogP contribution in [0.1, 0.15) is 84.5 Å². The van der Waals surface area contributed by atoms with Gasteiger partial charge in [-0.2, -0.15) is 0 Å². The Kier molecular flexibility index (Phi) is 6.14. The van der Waals surface area contributed by atoms with Crippen LogP contribution >= 0.6 is 0 Å². The first-order valence-corrected chi connectivity index (χ1v) is 14.1. The van der Waals surface area contributed by atoms with Crippen molar-refractivity contribution in [3.63, 3.8) is 0 Å². The maximum absolute atomic E-state index is 6.46. The van der Waals surface area contributed by atoms with Crippen LogP contribution in [0.4, 0.5) is 0 Å². The molecule has 4 nitrogen and oxygen atoms in total. The molecule has 182 valence electrons. The summed E-state index contributed by atoms with van der Waals surface area (Å²) in [6.45, 7) is 11.6. The summed E-state index contributed by atoms with van der Waals surface area (Å²) in [6, 6.07) is 0. The summed E-state index contributed by atoms with van der Waals surface area (Å²) in [6.07, 6.45) is 15.9. The highest BCUT2D eigenvalue weighted by Crippen LogP contribution is 2.68. The molecule has 8 atom stereocenters. The van der Waals surface area contributed by atoms with Crippen molar-refractivity contribution in [1.82, 2.24) is 4.90 Å². The highest BCUT2D eigenvalue weighted by Gasteiger charge is 2.61. The second-order valence-corrected chi connectivity index (χ2v) is 12.8. The van der Waals surface area contributed by atoms with Crippen molar-refractivity contribution in [1.29, 1.82) is 0 Å². The lowest BCUT2D eigenvalue weighted by molar-refractivity contribution is -0.161. The Labute approximate surface area is 196 Å². The zero-order valence-electron chi connectivity index (χ0n) is 20.7. The number of fused-ring (bicyclic) bond motifs is 5. The highest BCUT2D eigenvalue weighted by molar-refractivity contribution is 5.09. The fraction of sp³-hybridized carbons (Fsp3) is 1.00. The summed E-state index contributed by atoms with van der Waals surface area (Å²) < 4.78 is 18.5. The molecule has 3 unspecified atom stereocenters. The minimum atomic E-state index is 0.0848. The number of ether oxygens (including phenoxy) is 3. The van der Waals surface area contributed by atoms with Crippen LogP contribution in [0.5, 0.6) is 0 Å². The number of hydrogen-bond acceptors (Lipinski definition) is 4. The van der Waals surface area contributed by atoms with E-state index in [-0.39, 0.29) is 6.29 Å². The Morgan fingerprint density at radius 1 is 0.812 bits per heavy atom. The molecule has 0 aromatic carbocycles. The molecule has 4 saturated carbocycles. The van der Waals surface area contributed by atoms with Crippen molar-refractivity contribution < 1.29 is 14.2 Å². The molecule has 0 aromatic heterocycles. The van der Waals surface area contributed by atoms with Crippen LogP contribution < -0.4 is 0 Å². The topological polar surface area (TPSA) is 30.9 Å². The van der Waals surface area contributed by atoms with Gasteiger partial charge in [0.15, 0.2) is 6.29 Å². The van der Waals surface area contributed by atoms with Gasteiger partial charge in [0.1, 0.15) is 0 Å². The Hall–Kier alpha value is -0.160. The Morgan fingerprint density at radius 2 is 1.53 bits per heavy atom. The molecular weight excluding hydrogens is 398 g/mol. The van der Waals surface area contributed by atoms with Crippen LogP contribution in [-0.2, 0) is 14.2 Å². The number of likely N-dealkylation sites (tertiary alicyclic amines) is 1. The molecule has 0 bridgehead atoms. The summed E-state index contributed by atoms with van der Waals surface area (Å²) in [5.41, 5.74) is 0.993. The van der Waals surface area contributed by atoms with Gasteiger partial charge in [0.2, 0.25) is 0 Å². The van der Waals surface area contributed by atoms with Crippen LogP contribution in [0.15, 0.2) is 0 Å². The summed E-state index contributed by atoms with van der Waals surface area (Å²) in [7, 11) is 0. The van der Waals surface area contributed by atoms with Crippen molar-refractivity contribution in [3.05, 3.63) is 0 Å². The highest BCUT2D eigenvalue weighted by atomic mass is 16.7. The second-order valence-electron chi connectivity index (χ2n) is 12.8. The fourth-order valence-electron chi connectivity index (χ4n) is 9.82. The van der Waals surface area contributed by atoms with Gasteiger partial charge in [-0.1, -0.05) is 13.8 Å². The van der Waals surface area contributed by atoms with E-state index in [2.05, 4.69) is 18.7 Å². The smallest absolute Gasteiger partial charge is 0.161 e. The van der Waals surface area contributed by atoms with Gasteiger partial charge >= 0.3 is 0 Å². The first kappa shape index (κ1) is 22.3. The first-order valence-electron chi connectivity index (χ1n) is 14.1. The lowest BCUT2D eigenvalue weighted by Gasteiger charge is -2.61. The summed E-state index contributed by atoms with van der Waals surface area (Å²) >= 11 is 0. The van der Waals surface area contributed by atoms with Crippen LogP contribution in [0.2, 0.25) is 0 Å². The van der Waals surface area contributed by atoms with Crippen molar-refractivity contribution in [3.8, 4) is 0 Å². The lowest BCUT2D eigenvalue weighted by Crippen LogP contribution is -2.54. The van der Waals surface area contributed by atoms with E-state index in [0.717, 1.165) is 50.0 Å². The molecule has 6 aliphatic rings. The van der Waals surface area contributed by atoms with Crippen molar-refractivity contribution in [2.75, 3.05) is 39.5 Å². The van der Waals surface area contributed by atoms with E-state index in [4.69, 9.17) is 14.2 Å². The first-order chi connectivity index (χ1) is 15.6. The van der Waals surface area contributed by atoms with Crippen LogP contribution in [0.25, 0.3) is 0 Å². The van der Waals surface area contributed by atoms with Gasteiger partial charge in [0, 0.05) is 12.5 Å². The molecule has 0 spiro atoms. The predicted molar refractivity (Wildman–Crippen MR) is 126 cm³/mol. The molecule has 6 fully saturated rings. The van der Waals surface area contributed by atoms with Gasteiger partial charge in [-0.3, -0.25) is 0 Å². The molecular formula is C28H47NO3. The minimum Gasteiger partial charge on any atom is -0.377 e. The van der Waals surface area contributed by atoms with Crippen molar-refractivity contribution in [2.24, 2.45) is 40.4 Å². The standard InChI is InChI=1S/C28H47NO3/c1-27-11-9-21(30-16-15-29-13-3-4-14-29)19-20(27)5-6-22-23-7-8-25(26-31-17-18-32-26)28(23,2)12-10-24(22)27/h20-26H,3-19H2,1-2H3/t20?,21?,22-,23-,24+,25?,27-,28-/m0/s1. The average Bonchev–Trinajstić information content (AvgIpc) is 3.54. The largest absolute Gasteiger partial charge is 0.377 e. The molecule has 6 rings (SSSR count). The van der Waals surface area contributed by atoms with Crippen molar-refractivity contribution in [2.45, 2.75) is 96.9 Å². The van der Waals surface area contributed by atoms with E-state index in [9.17, 15) is 0 Å². The van der Waals surface area contributed by atoms with E-state index in [1.54, 1.807) is 0 Å². The molecule has 2 saturated heterocycles. The SMILES string of the molecule is C[C@]12CCC(OCCN3CCCC3)CC1CC[C@@H]1[C@H]2CC[C@]2(C)C(C3OCCO3)CC[C@@H]12. The maximum Gasteiger partial charge on any atom is 0.161 e. The van der Waals surface area contributed by atoms with E-state index in [1.807, 2.05) is 0 Å². The quantitative estimate of drug-likeness (QED) is 0.559. The Morgan fingerprint density at radius 3 is 2.34 bits per heavy atom. The molecule has 0 amide bonds. The van der Waals surface area contributed by atoms with E-state index in [0.29, 0.717) is 22.9 Å². The zero-order valence-corrected chi connectivity index (χ0v) is 20.7. The second kappa shape index (κ2) is 8.81. The third-order valence-corrected chi connectivity index (χ3v) is 11.6. The minimum absolute atomic E-state index is 0.0848. The summed E-state index contributed by atoms with van der Waals surface area (Å²) in [4.78, 5) is 2.59. The third kappa shape index (κ3) is 3.71. The van der Waals surface area contributed by atoms with Gasteiger partial charge in [0.05, 0.1) is 25.9 Å². The zero-order chi connectivity index (χ0) is 21.8. The number of nitrogens with zero attached hydrogens (tertiary/aromatic N) is 1. The summed E-state index contributed by atoms with van der Waals surface area (Å²) in [5.74, 6) is 4.29. The predicted octanol–water partition coefficient (Wildman–Crippen LogP) is 5.50. The molecule has 4 heteroatoms. The molecule has 0 radical (unpaired) electrons. The monoisotopic (exact) mass is 445 g/mol. The Balaban J connectivity index is 1.09. The molecule has 32 heavy (non-hydrogen) atoms. The normalized spacial score (nSPS) is 49.7.